The van der Waals surface area contributed by atoms with Gasteiger partial charge in [-0.1, -0.05) is 125 Å². The molecule has 0 bridgehead atoms. The van der Waals surface area contributed by atoms with E-state index in [1.54, 1.807) is 0 Å². The predicted molar refractivity (Wildman–Crippen MR) is 173 cm³/mol. The van der Waals surface area contributed by atoms with E-state index in [-0.39, 0.29) is 10.8 Å². The summed E-state index contributed by atoms with van der Waals surface area (Å²) in [4.78, 5) is 0. The lowest BCUT2D eigenvalue weighted by Crippen LogP contribution is -2.15. The Balaban J connectivity index is 1.38. The van der Waals surface area contributed by atoms with Crippen molar-refractivity contribution in [3.63, 3.8) is 0 Å². The first-order chi connectivity index (χ1) is 19.9. The van der Waals surface area contributed by atoms with Gasteiger partial charge >= 0.3 is 0 Å². The molecule has 0 spiro atoms. The maximum absolute atomic E-state index is 2.52. The molecule has 41 heavy (non-hydrogen) atoms. The van der Waals surface area contributed by atoms with E-state index in [1.165, 1.54) is 82.8 Å². The monoisotopic (exact) mass is 525 g/mol. The van der Waals surface area contributed by atoms with Crippen LogP contribution in [0.15, 0.2) is 115 Å². The van der Waals surface area contributed by atoms with E-state index in [9.17, 15) is 0 Å². The molecule has 6 aromatic carbocycles. The highest BCUT2D eigenvalue weighted by molar-refractivity contribution is 6.20. The standard InChI is InChI=1S/C40H31N/c1-39(2)33-14-8-5-11-25(33)27-18-17-24(23-35(27)39)41-36-16-10-7-13-28(36)31-21-20-30-32(38(31)41)22-19-29-26-12-6-9-15-34(26)40(3,4)37(29)30/h5-23H,1-4H3. The summed E-state index contributed by atoms with van der Waals surface area (Å²) in [7, 11) is 0. The third-order valence-corrected chi connectivity index (χ3v) is 10.2. The number of benzene rings is 6. The third-order valence-electron chi connectivity index (χ3n) is 10.2. The van der Waals surface area contributed by atoms with Crippen LogP contribution in [0, 0.1) is 0 Å². The number of para-hydroxylation sites is 1. The van der Waals surface area contributed by atoms with Crippen LogP contribution in [0.2, 0.25) is 0 Å². The van der Waals surface area contributed by atoms with Crippen LogP contribution in [0.25, 0.3) is 60.5 Å². The van der Waals surface area contributed by atoms with Crippen molar-refractivity contribution < 1.29 is 0 Å². The van der Waals surface area contributed by atoms with Gasteiger partial charge in [-0.05, 0) is 68.1 Å². The first kappa shape index (κ1) is 23.1. The Labute approximate surface area is 240 Å². The average Bonchev–Trinajstić information content (AvgIpc) is 3.54. The van der Waals surface area contributed by atoms with E-state index in [1.807, 2.05) is 0 Å². The molecular formula is C40H31N. The van der Waals surface area contributed by atoms with Crippen molar-refractivity contribution in [3.8, 4) is 27.9 Å². The summed E-state index contributed by atoms with van der Waals surface area (Å²) in [6.07, 6.45) is 0. The lowest BCUT2D eigenvalue weighted by atomic mass is 9.80. The highest BCUT2D eigenvalue weighted by atomic mass is 15.0. The first-order valence-electron chi connectivity index (χ1n) is 14.7. The molecule has 0 saturated carbocycles. The molecule has 0 atom stereocenters. The lowest BCUT2D eigenvalue weighted by molar-refractivity contribution is 0.660. The average molecular weight is 526 g/mol. The molecular weight excluding hydrogens is 494 g/mol. The summed E-state index contributed by atoms with van der Waals surface area (Å²) >= 11 is 0. The normalized spacial score (nSPS) is 15.7. The number of hydrogen-bond donors (Lipinski definition) is 0. The summed E-state index contributed by atoms with van der Waals surface area (Å²) in [6, 6.07) is 43.4. The zero-order valence-corrected chi connectivity index (χ0v) is 23.9. The Kier molecular flexibility index (Phi) is 4.26. The highest BCUT2D eigenvalue weighted by Gasteiger charge is 2.38. The summed E-state index contributed by atoms with van der Waals surface area (Å²) < 4.78 is 2.52. The van der Waals surface area contributed by atoms with E-state index in [4.69, 9.17) is 0 Å². The number of rotatable bonds is 1. The third kappa shape index (κ3) is 2.77. The van der Waals surface area contributed by atoms with Crippen molar-refractivity contribution in [3.05, 3.63) is 138 Å². The number of aromatic nitrogens is 1. The molecule has 1 aromatic heterocycles. The fourth-order valence-electron chi connectivity index (χ4n) is 8.26. The minimum Gasteiger partial charge on any atom is -0.309 e. The van der Waals surface area contributed by atoms with Crippen molar-refractivity contribution in [1.29, 1.82) is 0 Å². The molecule has 2 aliphatic carbocycles. The van der Waals surface area contributed by atoms with Crippen LogP contribution in [0.4, 0.5) is 0 Å². The van der Waals surface area contributed by atoms with Gasteiger partial charge in [0.1, 0.15) is 0 Å². The van der Waals surface area contributed by atoms with Crippen LogP contribution < -0.4 is 0 Å². The molecule has 0 saturated heterocycles. The Bertz CT molecular complexity index is 2260. The molecule has 0 fully saturated rings. The van der Waals surface area contributed by atoms with Gasteiger partial charge in [-0.25, -0.2) is 0 Å². The largest absolute Gasteiger partial charge is 0.309 e. The van der Waals surface area contributed by atoms with Crippen LogP contribution in [0.3, 0.4) is 0 Å². The zero-order chi connectivity index (χ0) is 27.7. The summed E-state index contributed by atoms with van der Waals surface area (Å²) in [5.41, 5.74) is 14.8. The van der Waals surface area contributed by atoms with Crippen LogP contribution in [0.1, 0.15) is 49.9 Å². The molecule has 2 aliphatic rings. The van der Waals surface area contributed by atoms with Gasteiger partial charge in [0.2, 0.25) is 0 Å². The van der Waals surface area contributed by atoms with Gasteiger partial charge in [0.05, 0.1) is 11.0 Å². The van der Waals surface area contributed by atoms with E-state index < -0.39 is 0 Å². The summed E-state index contributed by atoms with van der Waals surface area (Å²) in [5, 5.41) is 5.29. The molecule has 0 aliphatic heterocycles. The van der Waals surface area contributed by atoms with Crippen molar-refractivity contribution in [2.24, 2.45) is 0 Å². The molecule has 1 nitrogen and oxygen atoms in total. The lowest BCUT2D eigenvalue weighted by Gasteiger charge is -2.24. The zero-order valence-electron chi connectivity index (χ0n) is 23.9. The molecule has 0 amide bonds. The van der Waals surface area contributed by atoms with Crippen LogP contribution in [-0.2, 0) is 10.8 Å². The Morgan fingerprint density at radius 3 is 1.80 bits per heavy atom. The van der Waals surface area contributed by atoms with E-state index in [0.29, 0.717) is 0 Å². The minimum absolute atomic E-state index is 0.0423. The van der Waals surface area contributed by atoms with Gasteiger partial charge in [-0.2, -0.15) is 0 Å². The van der Waals surface area contributed by atoms with Gasteiger partial charge in [0.25, 0.3) is 0 Å². The van der Waals surface area contributed by atoms with Crippen molar-refractivity contribution in [2.45, 2.75) is 38.5 Å². The maximum Gasteiger partial charge on any atom is 0.0619 e. The van der Waals surface area contributed by atoms with E-state index in [0.717, 1.165) is 0 Å². The Morgan fingerprint density at radius 1 is 0.439 bits per heavy atom. The second kappa shape index (κ2) is 7.56. The van der Waals surface area contributed by atoms with Gasteiger partial charge in [-0.3, -0.25) is 0 Å². The highest BCUT2D eigenvalue weighted by Crippen LogP contribution is 2.53. The van der Waals surface area contributed by atoms with E-state index >= 15 is 0 Å². The second-order valence-corrected chi connectivity index (χ2v) is 13.0. The molecule has 1 heterocycles. The van der Waals surface area contributed by atoms with Gasteiger partial charge in [-0.15, -0.1) is 0 Å². The smallest absolute Gasteiger partial charge is 0.0619 e. The van der Waals surface area contributed by atoms with Crippen molar-refractivity contribution in [2.75, 3.05) is 0 Å². The SMILES string of the molecule is CC1(C)c2ccccc2-c2ccc(-n3c4ccccc4c4ccc5c6c(ccc5c43)-c3ccccc3C6(C)C)cc21. The number of nitrogens with zero attached hydrogens (tertiary/aromatic N) is 1. The first-order valence-corrected chi connectivity index (χ1v) is 14.7. The fourth-order valence-corrected chi connectivity index (χ4v) is 8.26. The van der Waals surface area contributed by atoms with E-state index in [2.05, 4.69) is 148 Å². The molecule has 0 radical (unpaired) electrons. The van der Waals surface area contributed by atoms with Gasteiger partial charge in [0.15, 0.2) is 0 Å². The van der Waals surface area contributed by atoms with Crippen LogP contribution in [-0.4, -0.2) is 4.57 Å². The van der Waals surface area contributed by atoms with Crippen molar-refractivity contribution >= 4 is 32.6 Å². The Hall–Kier alpha value is -4.62. The molecule has 0 unspecified atom stereocenters. The Morgan fingerprint density at radius 2 is 1.00 bits per heavy atom. The van der Waals surface area contributed by atoms with Gasteiger partial charge < -0.3 is 4.57 Å². The molecule has 0 N–H and O–H groups in total. The molecule has 9 rings (SSSR count). The van der Waals surface area contributed by atoms with Crippen LogP contribution >= 0.6 is 0 Å². The minimum atomic E-state index is -0.0562. The second-order valence-electron chi connectivity index (χ2n) is 13.0. The van der Waals surface area contributed by atoms with Gasteiger partial charge in [0, 0.05) is 32.7 Å². The number of hydrogen-bond acceptors (Lipinski definition) is 0. The molecule has 196 valence electrons. The topological polar surface area (TPSA) is 4.93 Å². The van der Waals surface area contributed by atoms with Crippen LogP contribution in [0.5, 0.6) is 0 Å². The van der Waals surface area contributed by atoms with Crippen molar-refractivity contribution in [1.82, 2.24) is 4.57 Å². The predicted octanol–water partition coefficient (Wildman–Crippen LogP) is 10.5. The maximum atomic E-state index is 2.52. The fraction of sp³-hybridized carbons (Fsp3) is 0.150. The quantitative estimate of drug-likeness (QED) is 0.201. The summed E-state index contributed by atoms with van der Waals surface area (Å²) in [6.45, 7) is 9.51. The summed E-state index contributed by atoms with van der Waals surface area (Å²) in [5.74, 6) is 0. The number of fused-ring (bicyclic) bond motifs is 12. The molecule has 7 aromatic rings. The molecule has 1 heteroatoms.